The van der Waals surface area contributed by atoms with Crippen LogP contribution < -0.4 is 5.32 Å². The fourth-order valence-electron chi connectivity index (χ4n) is 3.63. The fourth-order valence-corrected chi connectivity index (χ4v) is 4.77. The van der Waals surface area contributed by atoms with Gasteiger partial charge in [-0.2, -0.15) is 26.3 Å². The molecule has 0 spiro atoms. The second-order valence-corrected chi connectivity index (χ2v) is 9.20. The average molecular weight is 553 g/mol. The van der Waals surface area contributed by atoms with Crippen LogP contribution in [0, 0.1) is 5.92 Å². The third-order valence-corrected chi connectivity index (χ3v) is 7.05. The van der Waals surface area contributed by atoms with E-state index in [4.69, 9.17) is 0 Å². The van der Waals surface area contributed by atoms with Gasteiger partial charge in [0.25, 0.3) is 5.91 Å². The largest absolute Gasteiger partial charge is 0.508 e. The molecule has 10 heteroatoms. The molecule has 1 amide bonds. The third kappa shape index (κ3) is 3.90. The van der Waals surface area contributed by atoms with Gasteiger partial charge in [0.05, 0.1) is 16.7 Å². The zero-order chi connectivity index (χ0) is 22.8. The molecule has 1 fully saturated rings. The van der Waals surface area contributed by atoms with Crippen molar-refractivity contribution in [1.82, 2.24) is 5.32 Å². The Morgan fingerprint density at radius 3 is 2.03 bits per heavy atom. The van der Waals surface area contributed by atoms with Gasteiger partial charge in [0, 0.05) is 5.56 Å². The number of halogens is 7. The quantitative estimate of drug-likeness (QED) is 0.202. The highest BCUT2D eigenvalue weighted by atomic mass is 127. The Hall–Kier alpha value is -2.24. The number of hydrogen-bond acceptors (Lipinski definition) is 2. The van der Waals surface area contributed by atoms with Gasteiger partial charge in [-0.05, 0) is 70.7 Å². The molecule has 1 saturated carbocycles. The van der Waals surface area contributed by atoms with E-state index in [1.807, 2.05) is 22.6 Å². The van der Waals surface area contributed by atoms with Crippen LogP contribution >= 0.6 is 22.6 Å². The molecule has 164 valence electrons. The molecule has 3 nitrogen and oxygen atoms in total. The molecule has 1 atom stereocenters. The highest BCUT2D eigenvalue weighted by molar-refractivity contribution is 14.1. The second-order valence-electron chi connectivity index (χ2n) is 7.50. The molecule has 0 aromatic heterocycles. The molecule has 2 N–H and O–H groups in total. The molecule has 0 saturated heterocycles. The fraction of sp³-hybridized carbons (Fsp3) is 0.286. The average Bonchev–Trinajstić information content (AvgIpc) is 3.49. The summed E-state index contributed by atoms with van der Waals surface area (Å²) in [5.74, 6) is -1.30. The van der Waals surface area contributed by atoms with Crippen LogP contribution in [0.1, 0.15) is 29.5 Å². The van der Waals surface area contributed by atoms with Crippen molar-refractivity contribution in [3.05, 3.63) is 64.9 Å². The van der Waals surface area contributed by atoms with Crippen LogP contribution in [0.3, 0.4) is 0 Å². The Morgan fingerprint density at radius 1 is 0.935 bits per heavy atom. The Bertz CT molecular complexity index is 1090. The maximum atomic E-state index is 13.8. The number of amides is 1. The summed E-state index contributed by atoms with van der Waals surface area (Å²) in [5.41, 5.74) is -2.80. The normalized spacial score (nSPS) is 22.1. The van der Waals surface area contributed by atoms with Crippen molar-refractivity contribution in [2.75, 3.05) is 0 Å². The van der Waals surface area contributed by atoms with Crippen LogP contribution in [0.4, 0.5) is 26.3 Å². The third-order valence-electron chi connectivity index (χ3n) is 5.38. The molecule has 1 aliphatic heterocycles. The van der Waals surface area contributed by atoms with Gasteiger partial charge in [0.1, 0.15) is 5.76 Å². The van der Waals surface area contributed by atoms with Crippen molar-refractivity contribution in [3.63, 3.8) is 0 Å². The number of hydrogen-bond donors (Lipinski definition) is 2. The summed E-state index contributed by atoms with van der Waals surface area (Å²) in [6.45, 7) is 0. The van der Waals surface area contributed by atoms with Crippen LogP contribution in [0.2, 0.25) is 0 Å². The number of aliphatic hydroxyl groups is 1. The Morgan fingerprint density at radius 2 is 1.52 bits per heavy atom. The predicted molar refractivity (Wildman–Crippen MR) is 109 cm³/mol. The first-order valence-electron chi connectivity index (χ1n) is 9.17. The first-order chi connectivity index (χ1) is 14.3. The van der Waals surface area contributed by atoms with Gasteiger partial charge in [-0.1, -0.05) is 24.3 Å². The maximum Gasteiger partial charge on any atom is 0.417 e. The van der Waals surface area contributed by atoms with E-state index in [-0.39, 0.29) is 17.0 Å². The van der Waals surface area contributed by atoms with E-state index >= 15 is 0 Å². The van der Waals surface area contributed by atoms with Crippen molar-refractivity contribution < 1.29 is 36.2 Å². The lowest BCUT2D eigenvalue weighted by atomic mass is 9.93. The van der Waals surface area contributed by atoms with Crippen LogP contribution in [0.25, 0.3) is 16.7 Å². The van der Waals surface area contributed by atoms with E-state index in [0.29, 0.717) is 0 Å². The molecule has 1 heterocycles. The molecule has 2 aliphatic rings. The molecule has 1 aliphatic carbocycles. The summed E-state index contributed by atoms with van der Waals surface area (Å²) < 4.78 is 78.7. The number of alkyl halides is 7. The highest BCUT2D eigenvalue weighted by Gasteiger charge is 2.54. The Kier molecular flexibility index (Phi) is 5.06. The van der Waals surface area contributed by atoms with Gasteiger partial charge >= 0.3 is 12.4 Å². The highest BCUT2D eigenvalue weighted by Crippen LogP contribution is 2.52. The number of benzene rings is 2. The van der Waals surface area contributed by atoms with Crippen molar-refractivity contribution in [3.8, 4) is 11.1 Å². The van der Waals surface area contributed by atoms with Crippen molar-refractivity contribution in [1.29, 1.82) is 0 Å². The summed E-state index contributed by atoms with van der Waals surface area (Å²) in [6, 6.07) is 6.86. The van der Waals surface area contributed by atoms with E-state index in [1.54, 1.807) is 0 Å². The molecule has 31 heavy (non-hydrogen) atoms. The minimum absolute atomic E-state index is 0.0335. The molecule has 4 rings (SSSR count). The van der Waals surface area contributed by atoms with Crippen LogP contribution in [0.5, 0.6) is 0 Å². The Labute approximate surface area is 186 Å². The zero-order valence-electron chi connectivity index (χ0n) is 15.5. The molecule has 1 unspecified atom stereocenters. The molecular formula is C21H14F6INO2. The van der Waals surface area contributed by atoms with Gasteiger partial charge in [0.2, 0.25) is 0 Å². The van der Waals surface area contributed by atoms with E-state index in [1.165, 1.54) is 6.07 Å². The zero-order valence-corrected chi connectivity index (χ0v) is 17.7. The molecule has 0 radical (unpaired) electrons. The lowest BCUT2D eigenvalue weighted by Crippen LogP contribution is -2.40. The van der Waals surface area contributed by atoms with Gasteiger partial charge in [-0.25, -0.2) is 0 Å². The number of aliphatic hydroxyl groups excluding tert-OH is 1. The lowest BCUT2D eigenvalue weighted by molar-refractivity contribution is -0.138. The number of rotatable bonds is 3. The van der Waals surface area contributed by atoms with Gasteiger partial charge in [0.15, 0.2) is 3.55 Å². The maximum absolute atomic E-state index is 13.8. The summed E-state index contributed by atoms with van der Waals surface area (Å²) in [7, 11) is 0. The monoisotopic (exact) mass is 553 g/mol. The summed E-state index contributed by atoms with van der Waals surface area (Å²) in [5, 5.41) is 13.2. The minimum Gasteiger partial charge on any atom is -0.508 e. The standard InChI is InChI=1S/C21H14F6INO2/c22-20(23,24)13-4-1-10(2-5-13)11-3-8-14(15(9-11)21(25,26)27)16-17(30)19(28,12-6-7-12)29-18(16)31/h1-5,8-9,12,30H,6-7H2,(H,29,31). The summed E-state index contributed by atoms with van der Waals surface area (Å²) in [6.07, 6.45) is -7.95. The van der Waals surface area contributed by atoms with Crippen molar-refractivity contribution >= 4 is 34.1 Å². The smallest absolute Gasteiger partial charge is 0.417 e. The Balaban J connectivity index is 1.81. The van der Waals surface area contributed by atoms with E-state index < -0.39 is 49.8 Å². The first kappa shape index (κ1) is 22.0. The SMILES string of the molecule is O=C1NC(I)(C2CC2)C(O)=C1c1ccc(-c2ccc(C(F)(F)F)cc2)cc1C(F)(F)F. The molecule has 0 bridgehead atoms. The number of carbonyl (C=O) groups is 1. The summed E-state index contributed by atoms with van der Waals surface area (Å²) in [4.78, 5) is 12.5. The molecule has 2 aromatic rings. The van der Waals surface area contributed by atoms with E-state index in [9.17, 15) is 36.2 Å². The van der Waals surface area contributed by atoms with Crippen molar-refractivity contribution in [2.24, 2.45) is 5.92 Å². The van der Waals surface area contributed by atoms with Gasteiger partial charge < -0.3 is 10.4 Å². The molecule has 2 aromatic carbocycles. The van der Waals surface area contributed by atoms with E-state index in [2.05, 4.69) is 5.32 Å². The first-order valence-corrected chi connectivity index (χ1v) is 10.2. The number of carbonyl (C=O) groups excluding carboxylic acids is 1. The summed E-state index contributed by atoms with van der Waals surface area (Å²) >= 11 is 1.85. The van der Waals surface area contributed by atoms with E-state index in [0.717, 1.165) is 49.2 Å². The molecular weight excluding hydrogens is 539 g/mol. The van der Waals surface area contributed by atoms with Crippen molar-refractivity contribution in [2.45, 2.75) is 28.7 Å². The second kappa shape index (κ2) is 7.14. The van der Waals surface area contributed by atoms with Crippen LogP contribution in [0.15, 0.2) is 48.2 Å². The topological polar surface area (TPSA) is 49.3 Å². The number of nitrogens with one attached hydrogen (secondary N) is 1. The lowest BCUT2D eigenvalue weighted by Gasteiger charge is -2.21. The van der Waals surface area contributed by atoms with Crippen LogP contribution in [-0.4, -0.2) is 14.6 Å². The predicted octanol–water partition coefficient (Wildman–Crippen LogP) is 6.33. The van der Waals surface area contributed by atoms with Gasteiger partial charge in [-0.15, -0.1) is 0 Å². The van der Waals surface area contributed by atoms with Crippen LogP contribution in [-0.2, 0) is 17.1 Å². The van der Waals surface area contributed by atoms with Gasteiger partial charge in [-0.3, -0.25) is 4.79 Å². The minimum atomic E-state index is -4.86.